The Morgan fingerprint density at radius 3 is 2.16 bits per heavy atom. The summed E-state index contributed by atoms with van der Waals surface area (Å²) in [7, 11) is 0. The van der Waals surface area contributed by atoms with Crippen molar-refractivity contribution in [2.45, 2.75) is 13.1 Å². The molecule has 0 atom stereocenters. The van der Waals surface area contributed by atoms with Crippen LogP contribution in [0.5, 0.6) is 0 Å². The molecule has 5 nitrogen and oxygen atoms in total. The van der Waals surface area contributed by atoms with E-state index in [0.717, 1.165) is 0 Å². The number of carbonyl (C=O) groups excluding carboxylic acids is 2. The summed E-state index contributed by atoms with van der Waals surface area (Å²) >= 11 is 0. The molecule has 132 valence electrons. The van der Waals surface area contributed by atoms with Gasteiger partial charge in [-0.2, -0.15) is 13.2 Å². The van der Waals surface area contributed by atoms with Crippen LogP contribution < -0.4 is 16.0 Å². The van der Waals surface area contributed by atoms with Crippen LogP contribution in [-0.2, 0) is 11.0 Å². The van der Waals surface area contributed by atoms with E-state index in [-0.39, 0.29) is 11.6 Å². The molecule has 0 heterocycles. The maximum Gasteiger partial charge on any atom is 0.416 e. The van der Waals surface area contributed by atoms with E-state index in [9.17, 15) is 27.2 Å². The van der Waals surface area contributed by atoms with Crippen LogP contribution in [0.25, 0.3) is 0 Å². The van der Waals surface area contributed by atoms with Gasteiger partial charge in [-0.1, -0.05) is 6.07 Å². The van der Waals surface area contributed by atoms with Gasteiger partial charge in [0.1, 0.15) is 5.82 Å². The minimum Gasteiger partial charge on any atom is -0.326 e. The molecule has 2 rings (SSSR count). The van der Waals surface area contributed by atoms with Crippen LogP contribution in [-0.4, -0.2) is 11.9 Å². The van der Waals surface area contributed by atoms with Crippen LogP contribution in [0.4, 0.5) is 39.4 Å². The van der Waals surface area contributed by atoms with Gasteiger partial charge in [-0.15, -0.1) is 0 Å². The molecule has 3 N–H and O–H groups in total. The minimum atomic E-state index is -4.66. The SMILES string of the molecule is CC(=O)Nc1cccc(NC(=O)Nc2cc(C(F)(F)F)ccc2F)c1. The van der Waals surface area contributed by atoms with Crippen molar-refractivity contribution in [3.8, 4) is 0 Å². The Hall–Kier alpha value is -3.10. The fourth-order valence-corrected chi connectivity index (χ4v) is 1.96. The first-order chi connectivity index (χ1) is 11.6. The molecule has 0 saturated heterocycles. The molecular formula is C16H13F4N3O2. The third kappa shape index (κ3) is 5.20. The van der Waals surface area contributed by atoms with Crippen molar-refractivity contribution < 1.29 is 27.2 Å². The molecule has 2 aromatic rings. The Bertz CT molecular complexity index is 806. The van der Waals surface area contributed by atoms with E-state index in [0.29, 0.717) is 23.9 Å². The number of amides is 3. The number of carbonyl (C=O) groups is 2. The van der Waals surface area contributed by atoms with Crippen LogP contribution >= 0.6 is 0 Å². The summed E-state index contributed by atoms with van der Waals surface area (Å²) < 4.78 is 51.5. The number of urea groups is 1. The van der Waals surface area contributed by atoms with Gasteiger partial charge in [0.05, 0.1) is 11.3 Å². The molecule has 3 amide bonds. The highest BCUT2D eigenvalue weighted by atomic mass is 19.4. The lowest BCUT2D eigenvalue weighted by atomic mass is 10.2. The quantitative estimate of drug-likeness (QED) is 0.712. The number of hydrogen-bond acceptors (Lipinski definition) is 2. The van der Waals surface area contributed by atoms with Crippen molar-refractivity contribution in [1.29, 1.82) is 0 Å². The first-order valence-corrected chi connectivity index (χ1v) is 6.97. The van der Waals surface area contributed by atoms with Gasteiger partial charge in [-0.3, -0.25) is 4.79 Å². The van der Waals surface area contributed by atoms with Crippen molar-refractivity contribution in [3.05, 3.63) is 53.8 Å². The number of nitrogens with one attached hydrogen (secondary N) is 3. The summed E-state index contributed by atoms with van der Waals surface area (Å²) in [5, 5.41) is 6.86. The zero-order chi connectivity index (χ0) is 18.6. The van der Waals surface area contributed by atoms with E-state index in [2.05, 4.69) is 10.6 Å². The number of rotatable bonds is 3. The number of halogens is 4. The van der Waals surface area contributed by atoms with Gasteiger partial charge < -0.3 is 16.0 Å². The predicted molar refractivity (Wildman–Crippen MR) is 84.8 cm³/mol. The second-order valence-corrected chi connectivity index (χ2v) is 5.03. The van der Waals surface area contributed by atoms with Gasteiger partial charge in [0.2, 0.25) is 5.91 Å². The number of anilines is 3. The summed E-state index contributed by atoms with van der Waals surface area (Å²) in [6.07, 6.45) is -4.66. The molecule has 25 heavy (non-hydrogen) atoms. The van der Waals surface area contributed by atoms with Crippen molar-refractivity contribution in [2.75, 3.05) is 16.0 Å². The van der Waals surface area contributed by atoms with Gasteiger partial charge in [0.25, 0.3) is 0 Å². The summed E-state index contributed by atoms with van der Waals surface area (Å²) in [6.45, 7) is 1.31. The standard InChI is InChI=1S/C16H13F4N3O2/c1-9(24)21-11-3-2-4-12(8-11)22-15(25)23-14-7-10(16(18,19)20)5-6-13(14)17/h2-8H,1H3,(H,21,24)(H2,22,23,25). The van der Waals surface area contributed by atoms with Crippen molar-refractivity contribution in [2.24, 2.45) is 0 Å². The number of benzene rings is 2. The second kappa shape index (κ2) is 7.20. The van der Waals surface area contributed by atoms with E-state index < -0.39 is 29.3 Å². The molecule has 0 spiro atoms. The summed E-state index contributed by atoms with van der Waals surface area (Å²) in [6, 6.07) is 6.83. The zero-order valence-electron chi connectivity index (χ0n) is 12.9. The fraction of sp³-hybridized carbons (Fsp3) is 0.125. The third-order valence-corrected chi connectivity index (χ3v) is 2.98. The predicted octanol–water partition coefficient (Wildman–Crippen LogP) is 4.45. The summed E-state index contributed by atoms with van der Waals surface area (Å²) in [5.41, 5.74) is -1.02. The molecule has 0 aliphatic rings. The largest absolute Gasteiger partial charge is 0.416 e. The highest BCUT2D eigenvalue weighted by molar-refractivity contribution is 6.00. The van der Waals surface area contributed by atoms with Gasteiger partial charge in [0, 0.05) is 18.3 Å². The number of alkyl halides is 3. The van der Waals surface area contributed by atoms with Gasteiger partial charge in [-0.05, 0) is 36.4 Å². The topological polar surface area (TPSA) is 70.2 Å². The fourth-order valence-electron chi connectivity index (χ4n) is 1.96. The van der Waals surface area contributed by atoms with Crippen molar-refractivity contribution in [1.82, 2.24) is 0 Å². The molecule has 0 fully saturated rings. The average Bonchev–Trinajstić information content (AvgIpc) is 2.48. The van der Waals surface area contributed by atoms with Crippen LogP contribution in [0.15, 0.2) is 42.5 Å². The molecule has 9 heteroatoms. The zero-order valence-corrected chi connectivity index (χ0v) is 12.9. The van der Waals surface area contributed by atoms with Crippen LogP contribution in [0.1, 0.15) is 12.5 Å². The van der Waals surface area contributed by atoms with Gasteiger partial charge in [0.15, 0.2) is 0 Å². The molecule has 0 bridgehead atoms. The average molecular weight is 355 g/mol. The third-order valence-electron chi connectivity index (χ3n) is 2.98. The lowest BCUT2D eigenvalue weighted by molar-refractivity contribution is -0.137. The first kappa shape index (κ1) is 18.2. The van der Waals surface area contributed by atoms with Crippen LogP contribution in [0, 0.1) is 5.82 Å². The lowest BCUT2D eigenvalue weighted by Crippen LogP contribution is -2.20. The first-order valence-electron chi connectivity index (χ1n) is 6.97. The maximum absolute atomic E-state index is 13.6. The Labute approximate surface area is 140 Å². The molecule has 0 aliphatic heterocycles. The smallest absolute Gasteiger partial charge is 0.326 e. The Balaban J connectivity index is 2.12. The molecule has 0 saturated carbocycles. The Morgan fingerprint density at radius 1 is 0.920 bits per heavy atom. The van der Waals surface area contributed by atoms with E-state index in [1.54, 1.807) is 12.1 Å². The van der Waals surface area contributed by atoms with E-state index in [1.807, 2.05) is 5.32 Å². The summed E-state index contributed by atoms with van der Waals surface area (Å²) in [5.74, 6) is -1.32. The van der Waals surface area contributed by atoms with E-state index >= 15 is 0 Å². The highest BCUT2D eigenvalue weighted by Crippen LogP contribution is 2.31. The normalized spacial score (nSPS) is 10.9. The number of hydrogen-bond donors (Lipinski definition) is 3. The van der Waals surface area contributed by atoms with E-state index in [4.69, 9.17) is 0 Å². The minimum absolute atomic E-state index is 0.260. The van der Waals surface area contributed by atoms with Crippen LogP contribution in [0.3, 0.4) is 0 Å². The monoisotopic (exact) mass is 355 g/mol. The molecule has 2 aromatic carbocycles. The second-order valence-electron chi connectivity index (χ2n) is 5.03. The lowest BCUT2D eigenvalue weighted by Gasteiger charge is -2.12. The molecule has 0 unspecified atom stereocenters. The van der Waals surface area contributed by atoms with Crippen molar-refractivity contribution >= 4 is 29.0 Å². The molecule has 0 aromatic heterocycles. The molecular weight excluding hydrogens is 342 g/mol. The van der Waals surface area contributed by atoms with Crippen molar-refractivity contribution in [3.63, 3.8) is 0 Å². The van der Waals surface area contributed by atoms with Crippen LogP contribution in [0.2, 0.25) is 0 Å². The molecule has 0 aliphatic carbocycles. The summed E-state index contributed by atoms with van der Waals surface area (Å²) in [4.78, 5) is 22.9. The van der Waals surface area contributed by atoms with E-state index in [1.165, 1.54) is 19.1 Å². The molecule has 0 radical (unpaired) electrons. The van der Waals surface area contributed by atoms with Gasteiger partial charge in [-0.25, -0.2) is 9.18 Å². The van der Waals surface area contributed by atoms with Gasteiger partial charge >= 0.3 is 12.2 Å². The Morgan fingerprint density at radius 2 is 1.56 bits per heavy atom. The maximum atomic E-state index is 13.6. The Kier molecular flexibility index (Phi) is 5.26. The highest BCUT2D eigenvalue weighted by Gasteiger charge is 2.31.